The molecule has 0 unspecified atom stereocenters. The summed E-state index contributed by atoms with van der Waals surface area (Å²) in [6.45, 7) is 11.0. The monoisotopic (exact) mass is 462 g/mol. The number of nitrogens with one attached hydrogen (secondary N) is 1. The zero-order valence-corrected chi connectivity index (χ0v) is 19.3. The summed E-state index contributed by atoms with van der Waals surface area (Å²) in [5.74, 6) is 0.0336. The van der Waals surface area contributed by atoms with Crippen molar-refractivity contribution in [1.82, 2.24) is 0 Å². The van der Waals surface area contributed by atoms with Crippen LogP contribution < -0.4 is 15.0 Å². The van der Waals surface area contributed by atoms with Gasteiger partial charge in [0.2, 0.25) is 0 Å². The molecule has 0 bridgehead atoms. The first-order valence-corrected chi connectivity index (χ1v) is 10.4. The van der Waals surface area contributed by atoms with Crippen LogP contribution in [0.3, 0.4) is 0 Å². The van der Waals surface area contributed by atoms with Crippen LogP contribution >= 0.6 is 0 Å². The van der Waals surface area contributed by atoms with Gasteiger partial charge in [0.25, 0.3) is 5.91 Å². The Morgan fingerprint density at radius 3 is 2.45 bits per heavy atom. The number of carbonyl (C=O) groups excluding carboxylic acids is 1. The molecule has 0 radical (unpaired) electrons. The number of allylic oxidation sites excluding steroid dienone is 2. The van der Waals surface area contributed by atoms with Gasteiger partial charge in [0.05, 0.1) is 11.4 Å². The summed E-state index contributed by atoms with van der Waals surface area (Å²) in [6, 6.07) is 9.36. The maximum atomic E-state index is 13.1. The number of benzene rings is 2. The van der Waals surface area contributed by atoms with E-state index >= 15 is 0 Å². The third-order valence-corrected chi connectivity index (χ3v) is 5.36. The largest absolute Gasteiger partial charge is 0.573 e. The molecular formula is C25H29F3N2O3. The van der Waals surface area contributed by atoms with Crippen LogP contribution in [0.25, 0.3) is 11.1 Å². The van der Waals surface area contributed by atoms with Crippen LogP contribution in [0.4, 0.5) is 24.5 Å². The molecule has 3 rings (SSSR count). The molecule has 1 amide bonds. The minimum atomic E-state index is -4.85. The first-order chi connectivity index (χ1) is 15.4. The van der Waals surface area contributed by atoms with Gasteiger partial charge in [-0.1, -0.05) is 30.8 Å². The van der Waals surface area contributed by atoms with Crippen molar-refractivity contribution in [2.24, 2.45) is 0 Å². The van der Waals surface area contributed by atoms with Crippen LogP contribution in [-0.2, 0) is 16.1 Å². The second kappa shape index (κ2) is 8.84. The Morgan fingerprint density at radius 1 is 1.18 bits per heavy atom. The molecule has 8 heteroatoms. The SMILES string of the molecule is C=CC(OCc1c(-c2ccccc2OC(F)(F)F)ccc2c1N(C)C(=O)C(C)(C)N2)=C(C)C.[HH]. The number of hydrogen-bond donors (Lipinski definition) is 1. The molecule has 1 aliphatic heterocycles. The van der Waals surface area contributed by atoms with Crippen molar-refractivity contribution in [1.29, 1.82) is 0 Å². The number of likely N-dealkylation sites (N-methyl/N-ethyl adjacent to an activating group) is 1. The van der Waals surface area contributed by atoms with E-state index in [0.29, 0.717) is 28.3 Å². The van der Waals surface area contributed by atoms with Gasteiger partial charge in [0, 0.05) is 19.6 Å². The summed E-state index contributed by atoms with van der Waals surface area (Å²) in [4.78, 5) is 14.5. The molecule has 2 aromatic carbocycles. The Morgan fingerprint density at radius 2 is 1.85 bits per heavy atom. The molecule has 0 fully saturated rings. The fourth-order valence-corrected chi connectivity index (χ4v) is 3.89. The van der Waals surface area contributed by atoms with Crippen LogP contribution in [0.5, 0.6) is 5.75 Å². The van der Waals surface area contributed by atoms with Crippen LogP contribution in [0.2, 0.25) is 0 Å². The maximum Gasteiger partial charge on any atom is 0.573 e. The lowest BCUT2D eigenvalue weighted by Crippen LogP contribution is -2.52. The fourth-order valence-electron chi connectivity index (χ4n) is 3.89. The lowest BCUT2D eigenvalue weighted by atomic mass is 9.92. The molecule has 0 spiro atoms. The minimum Gasteiger partial charge on any atom is -0.489 e. The number of alkyl halides is 3. The summed E-state index contributed by atoms with van der Waals surface area (Å²) in [5, 5.41) is 3.22. The number of hydrogen-bond acceptors (Lipinski definition) is 4. The highest BCUT2D eigenvalue weighted by molar-refractivity contribution is 6.08. The molecule has 0 atom stereocenters. The molecule has 5 nitrogen and oxygen atoms in total. The van der Waals surface area contributed by atoms with Crippen molar-refractivity contribution in [3.8, 4) is 16.9 Å². The van der Waals surface area contributed by atoms with Gasteiger partial charge in [-0.2, -0.15) is 0 Å². The van der Waals surface area contributed by atoms with Crippen molar-refractivity contribution in [2.75, 3.05) is 17.3 Å². The average Bonchev–Trinajstić information content (AvgIpc) is 2.71. The summed E-state index contributed by atoms with van der Waals surface area (Å²) in [7, 11) is 1.64. The highest BCUT2D eigenvalue weighted by atomic mass is 19.4. The summed E-state index contributed by atoms with van der Waals surface area (Å²) >= 11 is 0. The van der Waals surface area contributed by atoms with Crippen molar-refractivity contribution in [3.63, 3.8) is 0 Å². The van der Waals surface area contributed by atoms with E-state index in [4.69, 9.17) is 4.74 Å². The average molecular weight is 463 g/mol. The predicted molar refractivity (Wildman–Crippen MR) is 125 cm³/mol. The number of halogens is 3. The number of amides is 1. The Bertz CT molecular complexity index is 1120. The summed E-state index contributed by atoms with van der Waals surface area (Å²) < 4.78 is 49.5. The Kier molecular flexibility index (Phi) is 6.49. The molecular weight excluding hydrogens is 433 g/mol. The number of carbonyl (C=O) groups is 1. The standard InChI is InChI=1S/C25H27F3N2O3.H2/c1-7-20(15(2)3)32-14-18-16(17-10-8-9-11-21(17)33-25(26,27)28)12-13-19-22(18)30(6)23(31)24(4,5)29-19;/h7-13,29H,1,14H2,2-6H3;1H. The number of ether oxygens (including phenoxy) is 2. The van der Waals surface area contributed by atoms with E-state index in [1.165, 1.54) is 17.0 Å². The number of anilines is 2. The number of fused-ring (bicyclic) bond motifs is 1. The van der Waals surface area contributed by atoms with E-state index in [9.17, 15) is 18.0 Å². The molecule has 1 N–H and O–H groups in total. The Labute approximate surface area is 193 Å². The first-order valence-electron chi connectivity index (χ1n) is 10.4. The van der Waals surface area contributed by atoms with Crippen molar-refractivity contribution in [3.05, 3.63) is 65.9 Å². The molecule has 0 aromatic heterocycles. The normalized spacial score (nSPS) is 14.8. The number of para-hydroxylation sites is 1. The van der Waals surface area contributed by atoms with Gasteiger partial charge in [-0.3, -0.25) is 4.79 Å². The second-order valence-electron chi connectivity index (χ2n) is 8.50. The van der Waals surface area contributed by atoms with Gasteiger partial charge < -0.3 is 19.7 Å². The smallest absolute Gasteiger partial charge is 0.489 e. The van der Waals surface area contributed by atoms with E-state index in [2.05, 4.69) is 16.6 Å². The number of nitrogens with zero attached hydrogens (tertiary/aromatic N) is 1. The Balaban J connectivity index is 0.00000408. The minimum absolute atomic E-state index is 0. The highest BCUT2D eigenvalue weighted by Gasteiger charge is 2.39. The lowest BCUT2D eigenvalue weighted by Gasteiger charge is -2.39. The zero-order valence-electron chi connectivity index (χ0n) is 19.3. The van der Waals surface area contributed by atoms with Crippen molar-refractivity contribution >= 4 is 17.3 Å². The second-order valence-corrected chi connectivity index (χ2v) is 8.50. The van der Waals surface area contributed by atoms with Gasteiger partial charge in [-0.05, 0) is 57.0 Å². The topological polar surface area (TPSA) is 50.8 Å². The van der Waals surface area contributed by atoms with Crippen molar-refractivity contribution in [2.45, 2.75) is 46.2 Å². The lowest BCUT2D eigenvalue weighted by molar-refractivity contribution is -0.274. The van der Waals surface area contributed by atoms with Crippen LogP contribution in [0.1, 0.15) is 34.7 Å². The van der Waals surface area contributed by atoms with E-state index < -0.39 is 11.9 Å². The van der Waals surface area contributed by atoms with Crippen LogP contribution in [-0.4, -0.2) is 24.9 Å². The summed E-state index contributed by atoms with van der Waals surface area (Å²) in [5.41, 5.74) is 2.51. The summed E-state index contributed by atoms with van der Waals surface area (Å²) in [6.07, 6.45) is -3.28. The zero-order chi connectivity index (χ0) is 24.6. The van der Waals surface area contributed by atoms with E-state index in [-0.39, 0.29) is 25.3 Å². The first kappa shape index (κ1) is 24.2. The van der Waals surface area contributed by atoms with Crippen LogP contribution in [0.15, 0.2) is 60.4 Å². The van der Waals surface area contributed by atoms with Crippen molar-refractivity contribution < 1.29 is 28.9 Å². The van der Waals surface area contributed by atoms with Crippen LogP contribution in [0, 0.1) is 0 Å². The predicted octanol–water partition coefficient (Wildman–Crippen LogP) is 6.66. The molecule has 1 aliphatic rings. The van der Waals surface area contributed by atoms with E-state index in [1.54, 1.807) is 51.2 Å². The quantitative estimate of drug-likeness (QED) is 0.385. The fraction of sp³-hybridized carbons (Fsp3) is 0.320. The molecule has 33 heavy (non-hydrogen) atoms. The molecule has 2 aromatic rings. The molecule has 178 valence electrons. The molecule has 0 saturated carbocycles. The van der Waals surface area contributed by atoms with E-state index in [1.807, 2.05) is 13.8 Å². The van der Waals surface area contributed by atoms with Gasteiger partial charge in [-0.25, -0.2) is 0 Å². The van der Waals surface area contributed by atoms with Gasteiger partial charge in [0.15, 0.2) is 0 Å². The molecule has 0 aliphatic carbocycles. The third-order valence-electron chi connectivity index (χ3n) is 5.36. The molecule has 1 heterocycles. The molecule has 0 saturated heterocycles. The number of rotatable bonds is 6. The van der Waals surface area contributed by atoms with Gasteiger partial charge >= 0.3 is 6.36 Å². The van der Waals surface area contributed by atoms with Gasteiger partial charge in [-0.15, -0.1) is 13.2 Å². The van der Waals surface area contributed by atoms with Gasteiger partial charge in [0.1, 0.15) is 23.7 Å². The maximum absolute atomic E-state index is 13.1. The highest BCUT2D eigenvalue weighted by Crippen LogP contribution is 2.45. The van der Waals surface area contributed by atoms with E-state index in [0.717, 1.165) is 5.57 Å². The third kappa shape index (κ3) is 4.99. The Hall–Kier alpha value is -3.42.